The molecule has 2 fully saturated rings. The number of aromatic nitrogens is 2. The number of rotatable bonds is 4. The molecule has 170 valence electrons. The van der Waals surface area contributed by atoms with E-state index in [2.05, 4.69) is 17.1 Å². The van der Waals surface area contributed by atoms with Crippen molar-refractivity contribution in [3.8, 4) is 11.5 Å². The summed E-state index contributed by atoms with van der Waals surface area (Å²) in [5, 5.41) is 4.19. The zero-order chi connectivity index (χ0) is 22.9. The van der Waals surface area contributed by atoms with Crippen LogP contribution in [-0.2, 0) is 9.59 Å². The Morgan fingerprint density at radius 1 is 1.03 bits per heavy atom. The summed E-state index contributed by atoms with van der Waals surface area (Å²) in [4.78, 5) is 34.1. The molecule has 0 aliphatic carbocycles. The third kappa shape index (κ3) is 4.27. The molecule has 3 aromatic rings. The molecule has 2 amide bonds. The SMILES string of the molecule is Cc1ccc(N2CC(C(=O)N3CCC(c4noc(-c5ccccc5)n4)CC3)CC2=O)cc1C. The monoisotopic (exact) mass is 444 g/mol. The van der Waals surface area contributed by atoms with Gasteiger partial charge in [0.1, 0.15) is 0 Å². The molecule has 0 spiro atoms. The average molecular weight is 445 g/mol. The van der Waals surface area contributed by atoms with Crippen molar-refractivity contribution in [2.45, 2.75) is 39.0 Å². The van der Waals surface area contributed by atoms with Crippen LogP contribution in [0.3, 0.4) is 0 Å². The molecule has 3 heterocycles. The first-order valence-corrected chi connectivity index (χ1v) is 11.5. The average Bonchev–Trinajstić information content (AvgIpc) is 3.49. The first-order chi connectivity index (χ1) is 16.0. The van der Waals surface area contributed by atoms with Crippen LogP contribution in [0.4, 0.5) is 5.69 Å². The Kier molecular flexibility index (Phi) is 5.70. The van der Waals surface area contributed by atoms with E-state index >= 15 is 0 Å². The lowest BCUT2D eigenvalue weighted by molar-refractivity contribution is -0.136. The summed E-state index contributed by atoms with van der Waals surface area (Å²) in [7, 11) is 0. The van der Waals surface area contributed by atoms with E-state index in [9.17, 15) is 9.59 Å². The van der Waals surface area contributed by atoms with Gasteiger partial charge in [-0.05, 0) is 62.1 Å². The fourth-order valence-electron chi connectivity index (χ4n) is 4.73. The number of hydrogen-bond donors (Lipinski definition) is 0. The maximum absolute atomic E-state index is 13.2. The highest BCUT2D eigenvalue weighted by atomic mass is 16.5. The van der Waals surface area contributed by atoms with Gasteiger partial charge in [0.25, 0.3) is 5.89 Å². The first kappa shape index (κ1) is 21.4. The summed E-state index contributed by atoms with van der Waals surface area (Å²) < 4.78 is 5.46. The number of carbonyl (C=O) groups excluding carboxylic acids is 2. The number of piperidine rings is 1. The van der Waals surface area contributed by atoms with Gasteiger partial charge in [-0.25, -0.2) is 0 Å². The number of hydrogen-bond acceptors (Lipinski definition) is 5. The van der Waals surface area contributed by atoms with Crippen molar-refractivity contribution in [1.82, 2.24) is 15.0 Å². The van der Waals surface area contributed by atoms with Gasteiger partial charge in [0.2, 0.25) is 11.8 Å². The fourth-order valence-corrected chi connectivity index (χ4v) is 4.73. The van der Waals surface area contributed by atoms with E-state index in [0.29, 0.717) is 31.3 Å². The highest BCUT2D eigenvalue weighted by Crippen LogP contribution is 2.31. The fraction of sp³-hybridized carbons (Fsp3) is 0.385. The molecule has 5 rings (SSSR count). The molecule has 33 heavy (non-hydrogen) atoms. The molecular formula is C26H28N4O3. The van der Waals surface area contributed by atoms with Crippen LogP contribution in [0.5, 0.6) is 0 Å². The summed E-state index contributed by atoms with van der Waals surface area (Å²) in [5.74, 6) is 1.22. The molecule has 7 nitrogen and oxygen atoms in total. The number of nitrogens with zero attached hydrogens (tertiary/aromatic N) is 4. The van der Waals surface area contributed by atoms with Crippen molar-refractivity contribution >= 4 is 17.5 Å². The predicted molar refractivity (Wildman–Crippen MR) is 125 cm³/mol. The summed E-state index contributed by atoms with van der Waals surface area (Å²) >= 11 is 0. The first-order valence-electron chi connectivity index (χ1n) is 11.5. The van der Waals surface area contributed by atoms with Gasteiger partial charge in [-0.2, -0.15) is 4.98 Å². The highest BCUT2D eigenvalue weighted by molar-refractivity contribution is 6.00. The van der Waals surface area contributed by atoms with Crippen LogP contribution in [0.25, 0.3) is 11.5 Å². The minimum atomic E-state index is -0.287. The van der Waals surface area contributed by atoms with Gasteiger partial charge in [-0.15, -0.1) is 0 Å². The number of benzene rings is 2. The molecule has 0 radical (unpaired) electrons. The lowest BCUT2D eigenvalue weighted by Gasteiger charge is -2.32. The van der Waals surface area contributed by atoms with Crippen molar-refractivity contribution in [1.29, 1.82) is 0 Å². The van der Waals surface area contributed by atoms with Crippen molar-refractivity contribution in [3.63, 3.8) is 0 Å². The van der Waals surface area contributed by atoms with Crippen molar-refractivity contribution in [2.75, 3.05) is 24.5 Å². The van der Waals surface area contributed by atoms with E-state index in [-0.39, 0.29) is 30.1 Å². The third-order valence-electron chi connectivity index (χ3n) is 6.91. The summed E-state index contributed by atoms with van der Waals surface area (Å²) in [6.45, 7) is 5.84. The van der Waals surface area contributed by atoms with Gasteiger partial charge in [0.15, 0.2) is 5.82 Å². The summed E-state index contributed by atoms with van der Waals surface area (Å²) in [6.07, 6.45) is 1.86. The number of carbonyl (C=O) groups is 2. The molecule has 2 aliphatic rings. The van der Waals surface area contributed by atoms with E-state index < -0.39 is 0 Å². The Morgan fingerprint density at radius 2 is 1.79 bits per heavy atom. The van der Waals surface area contributed by atoms with E-state index in [4.69, 9.17) is 4.52 Å². The topological polar surface area (TPSA) is 79.5 Å². The van der Waals surface area contributed by atoms with Crippen molar-refractivity contribution < 1.29 is 14.1 Å². The van der Waals surface area contributed by atoms with Crippen LogP contribution in [0.2, 0.25) is 0 Å². The lowest BCUT2D eigenvalue weighted by Crippen LogP contribution is -2.42. The molecule has 2 saturated heterocycles. The minimum absolute atomic E-state index is 0.0201. The normalized spacial score (nSPS) is 19.3. The van der Waals surface area contributed by atoms with Gasteiger partial charge < -0.3 is 14.3 Å². The van der Waals surface area contributed by atoms with Crippen molar-refractivity contribution in [3.05, 3.63) is 65.5 Å². The maximum atomic E-state index is 13.2. The molecule has 1 unspecified atom stereocenters. The largest absolute Gasteiger partial charge is 0.342 e. The van der Waals surface area contributed by atoms with Crippen LogP contribution in [0.1, 0.15) is 42.1 Å². The van der Waals surface area contributed by atoms with Crippen LogP contribution in [0.15, 0.2) is 53.1 Å². The lowest BCUT2D eigenvalue weighted by atomic mass is 9.95. The van der Waals surface area contributed by atoms with Gasteiger partial charge in [0.05, 0.1) is 5.92 Å². The molecule has 1 aromatic heterocycles. The number of amides is 2. The predicted octanol–water partition coefficient (Wildman–Crippen LogP) is 4.11. The number of anilines is 1. The smallest absolute Gasteiger partial charge is 0.257 e. The van der Waals surface area contributed by atoms with E-state index in [1.165, 1.54) is 5.56 Å². The van der Waals surface area contributed by atoms with Crippen LogP contribution < -0.4 is 4.90 Å². The Labute approximate surface area is 193 Å². The molecule has 2 aliphatic heterocycles. The second-order valence-corrected chi connectivity index (χ2v) is 9.10. The highest BCUT2D eigenvalue weighted by Gasteiger charge is 2.38. The van der Waals surface area contributed by atoms with Crippen LogP contribution in [0, 0.1) is 19.8 Å². The van der Waals surface area contributed by atoms with E-state index in [1.54, 1.807) is 4.90 Å². The Morgan fingerprint density at radius 3 is 2.52 bits per heavy atom. The molecule has 0 saturated carbocycles. The minimum Gasteiger partial charge on any atom is -0.342 e. The quantitative estimate of drug-likeness (QED) is 0.605. The summed E-state index contributed by atoms with van der Waals surface area (Å²) in [5.41, 5.74) is 4.12. The molecule has 1 atom stereocenters. The van der Waals surface area contributed by atoms with Gasteiger partial charge in [-0.3, -0.25) is 9.59 Å². The standard InChI is InChI=1S/C26H28N4O3/c1-17-8-9-22(14-18(17)2)30-16-21(15-23(30)31)26(32)29-12-10-19(11-13-29)24-27-25(33-28-24)20-6-4-3-5-7-20/h3-9,14,19,21H,10-13,15-16H2,1-2H3. The molecule has 0 N–H and O–H groups in total. The molecular weight excluding hydrogens is 416 g/mol. The second kappa shape index (κ2) is 8.81. The van der Waals surface area contributed by atoms with Gasteiger partial charge in [0, 0.05) is 43.2 Å². The Bertz CT molecular complexity index is 1170. The zero-order valence-electron chi connectivity index (χ0n) is 19.0. The number of aryl methyl sites for hydroxylation is 2. The van der Waals surface area contributed by atoms with E-state index in [1.807, 2.05) is 60.4 Å². The van der Waals surface area contributed by atoms with Crippen LogP contribution in [-0.4, -0.2) is 46.5 Å². The molecule has 2 aromatic carbocycles. The second-order valence-electron chi connectivity index (χ2n) is 9.10. The Balaban J connectivity index is 1.19. The maximum Gasteiger partial charge on any atom is 0.257 e. The number of likely N-dealkylation sites (tertiary alicyclic amines) is 1. The Hall–Kier alpha value is -3.48. The summed E-state index contributed by atoms with van der Waals surface area (Å²) in [6, 6.07) is 15.8. The third-order valence-corrected chi connectivity index (χ3v) is 6.91. The van der Waals surface area contributed by atoms with Gasteiger partial charge in [-0.1, -0.05) is 29.4 Å². The zero-order valence-corrected chi connectivity index (χ0v) is 19.0. The van der Waals surface area contributed by atoms with Crippen LogP contribution >= 0.6 is 0 Å². The van der Waals surface area contributed by atoms with Gasteiger partial charge >= 0.3 is 0 Å². The molecule has 0 bridgehead atoms. The van der Waals surface area contributed by atoms with E-state index in [0.717, 1.165) is 29.7 Å². The molecule has 7 heteroatoms. The van der Waals surface area contributed by atoms with Crippen molar-refractivity contribution in [2.24, 2.45) is 5.92 Å².